The summed E-state index contributed by atoms with van der Waals surface area (Å²) in [6, 6.07) is 22.1. The molecule has 0 spiro atoms. The summed E-state index contributed by atoms with van der Waals surface area (Å²) in [5.74, 6) is 0.434. The van der Waals surface area contributed by atoms with Gasteiger partial charge < -0.3 is 29.0 Å². The maximum atomic E-state index is 12.8. The van der Waals surface area contributed by atoms with Crippen molar-refractivity contribution >= 4 is 23.7 Å². The van der Waals surface area contributed by atoms with Crippen LogP contribution < -0.4 is 15.4 Å². The molecular formula is C28H26N2O8. The standard InChI is InChI=1S/C28H26N2O8/c1-34-27(32)18-7-5-6-17(14-18)26(31)30-22-15-35-25-23(16-36-24(22)25)38-28(33)29-19-10-12-21(13-11-19)37-20-8-3-2-4-9-20/h2-14,22-25H,15-16H2,1H3,(H,29,33)(H,30,31). The van der Waals surface area contributed by atoms with Gasteiger partial charge in [-0.25, -0.2) is 9.59 Å². The van der Waals surface area contributed by atoms with E-state index in [9.17, 15) is 14.4 Å². The van der Waals surface area contributed by atoms with Gasteiger partial charge in [-0.3, -0.25) is 10.1 Å². The van der Waals surface area contributed by atoms with Crippen molar-refractivity contribution in [3.05, 3.63) is 90.0 Å². The van der Waals surface area contributed by atoms with Crippen molar-refractivity contribution in [2.24, 2.45) is 0 Å². The van der Waals surface area contributed by atoms with E-state index < -0.39 is 36.4 Å². The molecule has 38 heavy (non-hydrogen) atoms. The molecule has 3 aromatic carbocycles. The molecule has 2 aliphatic heterocycles. The number of fused-ring (bicyclic) bond motifs is 1. The molecular weight excluding hydrogens is 492 g/mol. The molecule has 2 aliphatic rings. The van der Waals surface area contributed by atoms with Crippen molar-refractivity contribution in [3.63, 3.8) is 0 Å². The Bertz CT molecular complexity index is 1300. The Morgan fingerprint density at radius 3 is 2.29 bits per heavy atom. The predicted molar refractivity (Wildman–Crippen MR) is 135 cm³/mol. The first-order chi connectivity index (χ1) is 18.5. The van der Waals surface area contributed by atoms with Crippen LogP contribution in [0.25, 0.3) is 0 Å². The Balaban J connectivity index is 1.12. The Kier molecular flexibility index (Phi) is 7.52. The number of esters is 1. The van der Waals surface area contributed by atoms with E-state index in [4.69, 9.17) is 23.7 Å². The summed E-state index contributed by atoms with van der Waals surface area (Å²) in [4.78, 5) is 37.0. The van der Waals surface area contributed by atoms with Crippen molar-refractivity contribution in [3.8, 4) is 11.5 Å². The second-order valence-corrected chi connectivity index (χ2v) is 8.76. The zero-order chi connectivity index (χ0) is 26.5. The monoisotopic (exact) mass is 518 g/mol. The highest BCUT2D eigenvalue weighted by molar-refractivity contribution is 5.98. The van der Waals surface area contributed by atoms with Crippen molar-refractivity contribution in [2.75, 3.05) is 25.6 Å². The van der Waals surface area contributed by atoms with E-state index in [1.807, 2.05) is 30.3 Å². The molecule has 5 rings (SSSR count). The Hall–Kier alpha value is -4.41. The van der Waals surface area contributed by atoms with E-state index >= 15 is 0 Å². The first-order valence-electron chi connectivity index (χ1n) is 12.0. The smallest absolute Gasteiger partial charge is 0.412 e. The molecule has 0 aliphatic carbocycles. The largest absolute Gasteiger partial charge is 0.465 e. The van der Waals surface area contributed by atoms with Gasteiger partial charge in [0.05, 0.1) is 31.9 Å². The zero-order valence-corrected chi connectivity index (χ0v) is 20.5. The van der Waals surface area contributed by atoms with Crippen LogP contribution in [0.3, 0.4) is 0 Å². The summed E-state index contributed by atoms with van der Waals surface area (Å²) in [7, 11) is 1.28. The highest BCUT2D eigenvalue weighted by atomic mass is 16.6. The Labute approximate surface area is 218 Å². The Morgan fingerprint density at radius 1 is 0.816 bits per heavy atom. The minimum absolute atomic E-state index is 0.136. The third-order valence-electron chi connectivity index (χ3n) is 6.21. The van der Waals surface area contributed by atoms with Crippen LogP contribution in [-0.2, 0) is 18.9 Å². The lowest BCUT2D eigenvalue weighted by molar-refractivity contribution is 0.00861. The van der Waals surface area contributed by atoms with Crippen LogP contribution in [0.5, 0.6) is 11.5 Å². The average molecular weight is 519 g/mol. The van der Waals surface area contributed by atoms with Crippen LogP contribution in [0.1, 0.15) is 20.7 Å². The molecule has 4 unspecified atom stereocenters. The quantitative estimate of drug-likeness (QED) is 0.454. The number of para-hydroxylation sites is 1. The first kappa shape index (κ1) is 25.2. The van der Waals surface area contributed by atoms with E-state index in [-0.39, 0.29) is 24.7 Å². The van der Waals surface area contributed by atoms with Crippen molar-refractivity contribution in [1.29, 1.82) is 0 Å². The number of ether oxygens (including phenoxy) is 5. The summed E-state index contributed by atoms with van der Waals surface area (Å²) in [6.07, 6.45) is -2.28. The number of carbonyl (C=O) groups excluding carboxylic acids is 3. The van der Waals surface area contributed by atoms with Gasteiger partial charge in [-0.1, -0.05) is 24.3 Å². The van der Waals surface area contributed by atoms with Gasteiger partial charge in [-0.15, -0.1) is 0 Å². The predicted octanol–water partition coefficient (Wildman–Crippen LogP) is 3.78. The molecule has 2 saturated heterocycles. The van der Waals surface area contributed by atoms with E-state index in [0.29, 0.717) is 22.7 Å². The normalized spacial score (nSPS) is 21.7. The minimum Gasteiger partial charge on any atom is -0.465 e. The SMILES string of the molecule is COC(=O)c1cccc(C(=O)NC2COC3C(OC(=O)Nc4ccc(Oc5ccccc5)cc4)COC23)c1. The van der Waals surface area contributed by atoms with Crippen molar-refractivity contribution in [1.82, 2.24) is 5.32 Å². The minimum atomic E-state index is -0.647. The molecule has 4 atom stereocenters. The Morgan fingerprint density at radius 2 is 1.53 bits per heavy atom. The fraction of sp³-hybridized carbons (Fsp3) is 0.250. The molecule has 2 N–H and O–H groups in total. The fourth-order valence-corrected chi connectivity index (χ4v) is 4.36. The molecule has 0 bridgehead atoms. The molecule has 10 heteroatoms. The van der Waals surface area contributed by atoms with Gasteiger partial charge in [0.2, 0.25) is 0 Å². The van der Waals surface area contributed by atoms with Crippen molar-refractivity contribution < 1.29 is 38.1 Å². The highest BCUT2D eigenvalue weighted by Gasteiger charge is 2.50. The van der Waals surface area contributed by atoms with Gasteiger partial charge in [-0.05, 0) is 54.6 Å². The summed E-state index contributed by atoms with van der Waals surface area (Å²) in [6.45, 7) is 0.332. The van der Waals surface area contributed by atoms with E-state index in [1.54, 1.807) is 42.5 Å². The number of carbonyl (C=O) groups is 3. The fourth-order valence-electron chi connectivity index (χ4n) is 4.36. The topological polar surface area (TPSA) is 121 Å². The average Bonchev–Trinajstić information content (AvgIpc) is 3.53. The summed E-state index contributed by atoms with van der Waals surface area (Å²) >= 11 is 0. The van der Waals surface area contributed by atoms with Crippen LogP contribution in [0, 0.1) is 0 Å². The van der Waals surface area contributed by atoms with Gasteiger partial charge in [0.15, 0.2) is 6.10 Å². The van der Waals surface area contributed by atoms with Crippen LogP contribution in [0.15, 0.2) is 78.9 Å². The molecule has 2 fully saturated rings. The van der Waals surface area contributed by atoms with Crippen LogP contribution in [-0.4, -0.2) is 62.6 Å². The van der Waals surface area contributed by atoms with Gasteiger partial charge >= 0.3 is 12.1 Å². The van der Waals surface area contributed by atoms with Crippen LogP contribution in [0.4, 0.5) is 10.5 Å². The second-order valence-electron chi connectivity index (χ2n) is 8.76. The van der Waals surface area contributed by atoms with E-state index in [1.165, 1.54) is 13.2 Å². The lowest BCUT2D eigenvalue weighted by Crippen LogP contribution is -2.44. The molecule has 3 aromatic rings. The number of hydrogen-bond donors (Lipinski definition) is 2. The zero-order valence-electron chi connectivity index (χ0n) is 20.5. The summed E-state index contributed by atoms with van der Waals surface area (Å²) in [5, 5.41) is 5.57. The van der Waals surface area contributed by atoms with E-state index in [2.05, 4.69) is 10.6 Å². The number of methoxy groups -OCH3 is 1. The number of nitrogens with one attached hydrogen (secondary N) is 2. The summed E-state index contributed by atoms with van der Waals surface area (Å²) in [5.41, 5.74) is 1.12. The summed E-state index contributed by atoms with van der Waals surface area (Å²) < 4.78 is 27.6. The third-order valence-corrected chi connectivity index (χ3v) is 6.21. The molecule has 10 nitrogen and oxygen atoms in total. The lowest BCUT2D eigenvalue weighted by atomic mass is 10.1. The van der Waals surface area contributed by atoms with E-state index in [0.717, 1.165) is 0 Å². The lowest BCUT2D eigenvalue weighted by Gasteiger charge is -2.18. The number of hydrogen-bond acceptors (Lipinski definition) is 8. The van der Waals surface area contributed by atoms with Crippen LogP contribution in [0.2, 0.25) is 0 Å². The maximum absolute atomic E-state index is 12.8. The number of amides is 2. The van der Waals surface area contributed by atoms with Crippen LogP contribution >= 0.6 is 0 Å². The first-order valence-corrected chi connectivity index (χ1v) is 12.0. The third kappa shape index (κ3) is 5.77. The maximum Gasteiger partial charge on any atom is 0.412 e. The molecule has 0 radical (unpaired) electrons. The van der Waals surface area contributed by atoms with Gasteiger partial charge in [0.25, 0.3) is 5.91 Å². The highest BCUT2D eigenvalue weighted by Crippen LogP contribution is 2.30. The van der Waals surface area contributed by atoms with Crippen molar-refractivity contribution in [2.45, 2.75) is 24.4 Å². The number of rotatable bonds is 7. The van der Waals surface area contributed by atoms with Gasteiger partial charge in [0.1, 0.15) is 23.7 Å². The molecule has 196 valence electrons. The molecule has 2 heterocycles. The second kappa shape index (κ2) is 11.3. The number of benzene rings is 3. The van der Waals surface area contributed by atoms with Gasteiger partial charge in [-0.2, -0.15) is 0 Å². The van der Waals surface area contributed by atoms with Gasteiger partial charge in [0, 0.05) is 11.3 Å². The molecule has 0 aromatic heterocycles. The number of anilines is 1. The molecule has 2 amide bonds. The molecule has 0 saturated carbocycles.